The van der Waals surface area contributed by atoms with Gasteiger partial charge in [-0.3, -0.25) is 4.79 Å². The first-order chi connectivity index (χ1) is 8.56. The minimum atomic E-state index is -0.387. The van der Waals surface area contributed by atoms with Gasteiger partial charge < -0.3 is 15.5 Å². The molecule has 0 aliphatic rings. The van der Waals surface area contributed by atoms with Crippen LogP contribution in [0.15, 0.2) is 18.2 Å². The minimum Gasteiger partial charge on any atom is -0.504 e. The zero-order chi connectivity index (χ0) is 13.5. The maximum absolute atomic E-state index is 11.7. The van der Waals surface area contributed by atoms with Gasteiger partial charge in [-0.1, -0.05) is 13.0 Å². The van der Waals surface area contributed by atoms with E-state index < -0.39 is 0 Å². The van der Waals surface area contributed by atoms with Crippen molar-refractivity contribution in [2.75, 3.05) is 12.4 Å². The smallest absolute Gasteiger partial charge is 0.255 e. The van der Waals surface area contributed by atoms with Crippen molar-refractivity contribution in [3.63, 3.8) is 0 Å². The molecule has 0 radical (unpaired) electrons. The van der Waals surface area contributed by atoms with Crippen LogP contribution in [-0.4, -0.2) is 28.5 Å². The third-order valence-electron chi connectivity index (χ3n) is 2.68. The van der Waals surface area contributed by atoms with Crippen molar-refractivity contribution in [3.05, 3.63) is 23.8 Å². The number of phenols is 2. The molecule has 1 amide bonds. The summed E-state index contributed by atoms with van der Waals surface area (Å²) in [6.07, 6.45) is 1.77. The van der Waals surface area contributed by atoms with Crippen molar-refractivity contribution in [1.82, 2.24) is 5.32 Å². The van der Waals surface area contributed by atoms with Crippen LogP contribution in [0, 0.1) is 5.92 Å². The number of hydrogen-bond acceptors (Lipinski definition) is 3. The van der Waals surface area contributed by atoms with Gasteiger partial charge in [0.15, 0.2) is 11.5 Å². The number of hydrogen-bond donors (Lipinski definition) is 3. The van der Waals surface area contributed by atoms with Crippen LogP contribution in [0.3, 0.4) is 0 Å². The van der Waals surface area contributed by atoms with E-state index >= 15 is 0 Å². The number of amides is 1. The summed E-state index contributed by atoms with van der Waals surface area (Å²) in [7, 11) is 0. The molecule has 1 rings (SSSR count). The lowest BCUT2D eigenvalue weighted by Crippen LogP contribution is -2.24. The van der Waals surface area contributed by atoms with E-state index in [0.29, 0.717) is 18.3 Å². The molecule has 0 aromatic heterocycles. The van der Waals surface area contributed by atoms with Crippen molar-refractivity contribution in [2.45, 2.75) is 19.8 Å². The fourth-order valence-electron chi connectivity index (χ4n) is 1.54. The van der Waals surface area contributed by atoms with Gasteiger partial charge >= 0.3 is 0 Å². The van der Waals surface area contributed by atoms with Crippen LogP contribution >= 0.6 is 11.6 Å². The van der Waals surface area contributed by atoms with Gasteiger partial charge in [0.25, 0.3) is 5.91 Å². The Morgan fingerprint density at radius 3 is 2.83 bits per heavy atom. The summed E-state index contributed by atoms with van der Waals surface area (Å²) in [4.78, 5) is 11.7. The van der Waals surface area contributed by atoms with E-state index in [2.05, 4.69) is 12.2 Å². The molecule has 0 bridgehead atoms. The van der Waals surface area contributed by atoms with Crippen LogP contribution in [0.25, 0.3) is 0 Å². The van der Waals surface area contributed by atoms with Gasteiger partial charge in [-0.15, -0.1) is 11.6 Å². The predicted molar refractivity (Wildman–Crippen MR) is 71.2 cm³/mol. The molecule has 0 aliphatic carbocycles. The summed E-state index contributed by atoms with van der Waals surface area (Å²) in [5.41, 5.74) is 0.0837. The number of carbonyl (C=O) groups excluding carboxylic acids is 1. The molecule has 3 N–H and O–H groups in total. The predicted octanol–water partition coefficient (Wildman–Crippen LogP) is 2.48. The molecular formula is C13H18ClNO3. The maximum atomic E-state index is 11.7. The van der Waals surface area contributed by atoms with Gasteiger partial charge in [-0.2, -0.15) is 0 Å². The van der Waals surface area contributed by atoms with Crippen molar-refractivity contribution >= 4 is 17.5 Å². The monoisotopic (exact) mass is 271 g/mol. The standard InChI is InChI=1S/C13H18ClNO3/c1-9(8-14)4-3-7-15-13(18)10-5-2-6-11(16)12(10)17/h2,5-6,9,16-17H,3-4,7-8H2,1H3,(H,15,18). The Labute approximate surface area is 112 Å². The lowest BCUT2D eigenvalue weighted by atomic mass is 10.1. The molecule has 0 saturated carbocycles. The summed E-state index contributed by atoms with van der Waals surface area (Å²) in [6.45, 7) is 2.57. The van der Waals surface area contributed by atoms with Gasteiger partial charge in [-0.05, 0) is 30.9 Å². The van der Waals surface area contributed by atoms with Gasteiger partial charge in [0.05, 0.1) is 5.56 Å². The highest BCUT2D eigenvalue weighted by molar-refractivity contribution is 6.18. The molecule has 0 heterocycles. The van der Waals surface area contributed by atoms with Gasteiger partial charge in [0.1, 0.15) is 0 Å². The van der Waals surface area contributed by atoms with Crippen LogP contribution in [0.2, 0.25) is 0 Å². The molecule has 1 unspecified atom stereocenters. The van der Waals surface area contributed by atoms with Crippen molar-refractivity contribution in [2.24, 2.45) is 5.92 Å². The number of carbonyl (C=O) groups is 1. The van der Waals surface area contributed by atoms with Crippen LogP contribution in [0.1, 0.15) is 30.1 Å². The summed E-state index contributed by atoms with van der Waals surface area (Å²) < 4.78 is 0. The molecule has 1 aromatic carbocycles. The summed E-state index contributed by atoms with van der Waals surface area (Å²) in [6, 6.07) is 4.31. The topological polar surface area (TPSA) is 69.6 Å². The first kappa shape index (κ1) is 14.6. The van der Waals surface area contributed by atoms with Crippen LogP contribution in [-0.2, 0) is 0 Å². The average molecular weight is 272 g/mol. The van der Waals surface area contributed by atoms with Crippen molar-refractivity contribution < 1.29 is 15.0 Å². The van der Waals surface area contributed by atoms with E-state index in [0.717, 1.165) is 12.8 Å². The number of nitrogens with one attached hydrogen (secondary N) is 1. The molecule has 1 atom stereocenters. The molecular weight excluding hydrogens is 254 g/mol. The zero-order valence-corrected chi connectivity index (χ0v) is 11.1. The number of halogens is 1. The number of para-hydroxylation sites is 1. The van der Waals surface area contributed by atoms with Crippen LogP contribution in [0.4, 0.5) is 0 Å². The van der Waals surface area contributed by atoms with Crippen LogP contribution < -0.4 is 5.32 Å². The Hall–Kier alpha value is -1.42. The Balaban J connectivity index is 2.44. The Bertz CT molecular complexity index is 409. The highest BCUT2D eigenvalue weighted by Gasteiger charge is 2.13. The minimum absolute atomic E-state index is 0.0837. The molecule has 0 fully saturated rings. The average Bonchev–Trinajstić information content (AvgIpc) is 2.37. The Morgan fingerprint density at radius 2 is 2.17 bits per heavy atom. The van der Waals surface area contributed by atoms with Crippen molar-refractivity contribution in [1.29, 1.82) is 0 Å². The molecule has 0 spiro atoms. The largest absolute Gasteiger partial charge is 0.504 e. The lowest BCUT2D eigenvalue weighted by molar-refractivity contribution is 0.0949. The normalized spacial score (nSPS) is 12.1. The van der Waals surface area contributed by atoms with E-state index in [1.165, 1.54) is 18.2 Å². The fourth-order valence-corrected chi connectivity index (χ4v) is 1.69. The maximum Gasteiger partial charge on any atom is 0.255 e. The molecule has 100 valence electrons. The number of alkyl halides is 1. The lowest BCUT2D eigenvalue weighted by Gasteiger charge is -2.09. The van der Waals surface area contributed by atoms with E-state index in [1.54, 1.807) is 0 Å². The molecule has 5 heteroatoms. The number of aromatic hydroxyl groups is 2. The third-order valence-corrected chi connectivity index (χ3v) is 3.21. The zero-order valence-electron chi connectivity index (χ0n) is 10.3. The summed E-state index contributed by atoms with van der Waals surface area (Å²) in [5, 5.41) is 21.5. The number of rotatable bonds is 6. The second-order valence-electron chi connectivity index (χ2n) is 4.33. The Morgan fingerprint density at radius 1 is 1.44 bits per heavy atom. The van der Waals surface area contributed by atoms with Gasteiger partial charge in [0, 0.05) is 12.4 Å². The summed E-state index contributed by atoms with van der Waals surface area (Å²) in [5.74, 6) is -0.0245. The van der Waals surface area contributed by atoms with Crippen LogP contribution in [0.5, 0.6) is 11.5 Å². The van der Waals surface area contributed by atoms with E-state index in [-0.39, 0.29) is 23.0 Å². The SMILES string of the molecule is CC(CCl)CCCNC(=O)c1cccc(O)c1O. The second-order valence-corrected chi connectivity index (χ2v) is 4.64. The molecule has 0 aliphatic heterocycles. The van der Waals surface area contributed by atoms with Gasteiger partial charge in [-0.25, -0.2) is 0 Å². The second kappa shape index (κ2) is 7.11. The molecule has 0 saturated heterocycles. The van der Waals surface area contributed by atoms with Gasteiger partial charge in [0.2, 0.25) is 0 Å². The molecule has 1 aromatic rings. The Kier molecular flexibility index (Phi) is 5.78. The van der Waals surface area contributed by atoms with E-state index in [9.17, 15) is 15.0 Å². The molecule has 4 nitrogen and oxygen atoms in total. The summed E-state index contributed by atoms with van der Waals surface area (Å²) >= 11 is 5.68. The fraction of sp³-hybridized carbons (Fsp3) is 0.462. The quantitative estimate of drug-likeness (QED) is 0.423. The first-order valence-electron chi connectivity index (χ1n) is 5.91. The first-order valence-corrected chi connectivity index (χ1v) is 6.44. The van der Waals surface area contributed by atoms with E-state index in [1.807, 2.05) is 0 Å². The third kappa shape index (κ3) is 4.11. The van der Waals surface area contributed by atoms with Crippen molar-refractivity contribution in [3.8, 4) is 11.5 Å². The molecule has 18 heavy (non-hydrogen) atoms. The highest BCUT2D eigenvalue weighted by Crippen LogP contribution is 2.27. The highest BCUT2D eigenvalue weighted by atomic mass is 35.5. The number of benzene rings is 1. The van der Waals surface area contributed by atoms with E-state index in [4.69, 9.17) is 11.6 Å². The number of phenolic OH excluding ortho intramolecular Hbond substituents is 2.